The maximum atomic E-state index is 13.8. The molecule has 7 atom stereocenters. The van der Waals surface area contributed by atoms with Crippen LogP contribution < -0.4 is 16.8 Å². The van der Waals surface area contributed by atoms with Gasteiger partial charge >= 0.3 is 0 Å². The Morgan fingerprint density at radius 1 is 0.880 bits per heavy atom. The zero-order chi connectivity index (χ0) is 37.5. The molecule has 1 aromatic rings. The summed E-state index contributed by atoms with van der Waals surface area (Å²) in [5.41, 5.74) is 12.7. The summed E-state index contributed by atoms with van der Waals surface area (Å²) in [7, 11) is 0. The first kappa shape index (κ1) is 42.9. The molecule has 1 saturated heterocycles. The van der Waals surface area contributed by atoms with Crippen molar-refractivity contribution in [2.24, 2.45) is 41.1 Å². The van der Waals surface area contributed by atoms with E-state index in [0.717, 1.165) is 6.42 Å². The van der Waals surface area contributed by atoms with Crippen LogP contribution in [0.3, 0.4) is 0 Å². The predicted octanol–water partition coefficient (Wildman–Crippen LogP) is 2.67. The second kappa shape index (κ2) is 21.2. The lowest BCUT2D eigenvalue weighted by atomic mass is 9.83. The Balaban J connectivity index is 2.01. The average Bonchev–Trinajstić information content (AvgIpc) is 3.73. The number of aliphatic hydroxyl groups excluding tert-OH is 1. The normalized spacial score (nSPS) is 18.4. The predicted molar refractivity (Wildman–Crippen MR) is 190 cm³/mol. The molecule has 0 aliphatic carbocycles. The maximum Gasteiger partial charge on any atom is 0.243 e. The summed E-state index contributed by atoms with van der Waals surface area (Å²) in [5.74, 6) is -3.59. The van der Waals surface area contributed by atoms with Crippen LogP contribution in [-0.2, 0) is 35.2 Å². The molecule has 2 rings (SSSR count). The molecule has 1 aromatic heterocycles. The summed E-state index contributed by atoms with van der Waals surface area (Å²) in [4.78, 5) is 87.9. The van der Waals surface area contributed by atoms with Crippen LogP contribution in [0.5, 0.6) is 0 Å². The van der Waals surface area contributed by atoms with Crippen molar-refractivity contribution in [2.45, 2.75) is 136 Å². The number of aromatic amines is 1. The number of rotatable bonds is 24. The maximum absolute atomic E-state index is 13.8. The molecule has 1 aliphatic heterocycles. The molecule has 2 heterocycles. The molecule has 0 bridgehead atoms. The highest BCUT2D eigenvalue weighted by atomic mass is 16.3. The first-order valence-electron chi connectivity index (χ1n) is 18.3. The molecular formula is C37H62N6O7. The van der Waals surface area contributed by atoms with Crippen molar-refractivity contribution in [1.29, 1.82) is 0 Å². The lowest BCUT2D eigenvalue weighted by molar-refractivity contribution is -0.143. The standard InChI is InChI=1S/C37H62N6O7/c1-22(2)12-25(6)42-36(49)32-8-7-11-43(32)37(50)27(13-23(3)4)15-30(45)9-10-33(46)26(14-24(5)38)16-34(47)28(20-44)17-35(48)31(39)18-29-19-40-21-41-29/h19,21-28,31-32,44H,7-18,20,38-39H2,1-6H3,(H,40,41)(H,42,49)/t24?,25-,26-,27-,28+,31+,32+/m1/s1. The summed E-state index contributed by atoms with van der Waals surface area (Å²) in [6.45, 7) is 11.7. The van der Waals surface area contributed by atoms with E-state index in [9.17, 15) is 33.9 Å². The van der Waals surface area contributed by atoms with Gasteiger partial charge in [0.15, 0.2) is 5.78 Å². The summed E-state index contributed by atoms with van der Waals surface area (Å²) in [5, 5.41) is 13.0. The van der Waals surface area contributed by atoms with E-state index in [0.29, 0.717) is 37.4 Å². The van der Waals surface area contributed by atoms with Crippen molar-refractivity contribution in [3.05, 3.63) is 18.2 Å². The quantitative estimate of drug-likeness (QED) is 0.106. The van der Waals surface area contributed by atoms with Crippen LogP contribution in [0, 0.1) is 29.6 Å². The first-order chi connectivity index (χ1) is 23.5. The minimum Gasteiger partial charge on any atom is -0.396 e. The molecule has 0 aromatic carbocycles. The van der Waals surface area contributed by atoms with Gasteiger partial charge in [-0.25, -0.2) is 4.98 Å². The fraction of sp³-hybridized carbons (Fsp3) is 0.757. The first-order valence-corrected chi connectivity index (χ1v) is 18.3. The highest BCUT2D eigenvalue weighted by Crippen LogP contribution is 2.27. The number of carbonyl (C=O) groups excluding carboxylic acids is 6. The minimum atomic E-state index is -1.02. The Morgan fingerprint density at radius 3 is 2.12 bits per heavy atom. The van der Waals surface area contributed by atoms with Gasteiger partial charge in [0.1, 0.15) is 23.4 Å². The number of carbonyl (C=O) groups is 6. The van der Waals surface area contributed by atoms with E-state index in [1.165, 1.54) is 6.33 Å². The van der Waals surface area contributed by atoms with Crippen molar-refractivity contribution in [3.8, 4) is 0 Å². The van der Waals surface area contributed by atoms with E-state index in [4.69, 9.17) is 11.5 Å². The summed E-state index contributed by atoms with van der Waals surface area (Å²) in [6.07, 6.45) is 5.30. The van der Waals surface area contributed by atoms with Crippen LogP contribution in [0.2, 0.25) is 0 Å². The molecule has 0 saturated carbocycles. The summed E-state index contributed by atoms with van der Waals surface area (Å²) < 4.78 is 0. The van der Waals surface area contributed by atoms with Crippen LogP contribution >= 0.6 is 0 Å². The van der Waals surface area contributed by atoms with Gasteiger partial charge < -0.3 is 31.8 Å². The number of nitrogens with one attached hydrogen (secondary N) is 2. The Labute approximate surface area is 297 Å². The van der Waals surface area contributed by atoms with Crippen LogP contribution in [-0.4, -0.2) is 92.2 Å². The highest BCUT2D eigenvalue weighted by Gasteiger charge is 2.38. The highest BCUT2D eigenvalue weighted by molar-refractivity contribution is 5.95. The number of amides is 2. The number of aliphatic hydroxyl groups is 1. The van der Waals surface area contributed by atoms with Crippen LogP contribution in [0.25, 0.3) is 0 Å². The van der Waals surface area contributed by atoms with Gasteiger partial charge in [-0.15, -0.1) is 0 Å². The Hall–Kier alpha value is -3.29. The van der Waals surface area contributed by atoms with Gasteiger partial charge in [-0.3, -0.25) is 28.8 Å². The second-order valence-electron chi connectivity index (χ2n) is 15.3. The number of hydrogen-bond acceptors (Lipinski definition) is 10. The van der Waals surface area contributed by atoms with Gasteiger partial charge in [-0.1, -0.05) is 27.7 Å². The van der Waals surface area contributed by atoms with E-state index in [1.54, 1.807) is 18.0 Å². The van der Waals surface area contributed by atoms with Crippen molar-refractivity contribution in [3.63, 3.8) is 0 Å². The van der Waals surface area contributed by atoms with Crippen LogP contribution in [0.1, 0.15) is 111 Å². The minimum absolute atomic E-state index is 0.0136. The smallest absolute Gasteiger partial charge is 0.243 e. The number of imidazole rings is 1. The lowest BCUT2D eigenvalue weighted by Crippen LogP contribution is -2.50. The van der Waals surface area contributed by atoms with Gasteiger partial charge in [-0.05, 0) is 57.8 Å². The van der Waals surface area contributed by atoms with E-state index >= 15 is 0 Å². The molecule has 0 radical (unpaired) electrons. The molecule has 0 spiro atoms. The van der Waals surface area contributed by atoms with E-state index in [2.05, 4.69) is 29.1 Å². The Morgan fingerprint density at radius 2 is 1.54 bits per heavy atom. The monoisotopic (exact) mass is 702 g/mol. The van der Waals surface area contributed by atoms with Gasteiger partial charge in [-0.2, -0.15) is 0 Å². The third-order valence-corrected chi connectivity index (χ3v) is 9.37. The number of nitrogens with two attached hydrogens (primary N) is 2. The second-order valence-corrected chi connectivity index (χ2v) is 15.3. The SMILES string of the molecule is CC(C)C[C@H](CC(=O)CCC(=O)[C@@H](CC(=O)[C@H](CO)CC(=O)[C@@H](N)Cc1cnc[nH]1)CC(C)N)C(=O)N1CCC[C@H]1C(=O)N[C@H](C)CC(C)C. The van der Waals surface area contributed by atoms with Gasteiger partial charge in [0, 0.05) is 86.8 Å². The topological polar surface area (TPSA) is 219 Å². The molecule has 1 unspecified atom stereocenters. The van der Waals surface area contributed by atoms with Crippen LogP contribution in [0.4, 0.5) is 0 Å². The number of H-pyrrole nitrogens is 1. The van der Waals surface area contributed by atoms with E-state index in [-0.39, 0.29) is 86.1 Å². The number of Topliss-reactive ketones (excluding diaryl/α,β-unsaturated/α-hetero) is 4. The zero-order valence-corrected chi connectivity index (χ0v) is 31.0. The zero-order valence-electron chi connectivity index (χ0n) is 31.0. The fourth-order valence-corrected chi connectivity index (χ4v) is 6.94. The molecule has 1 aliphatic rings. The molecule has 282 valence electrons. The number of nitrogens with zero attached hydrogens (tertiary/aromatic N) is 2. The van der Waals surface area contributed by atoms with Gasteiger partial charge in [0.2, 0.25) is 11.8 Å². The number of hydrogen-bond donors (Lipinski definition) is 5. The molecule has 13 nitrogen and oxygen atoms in total. The van der Waals surface area contributed by atoms with Crippen molar-refractivity contribution >= 4 is 34.9 Å². The van der Waals surface area contributed by atoms with Gasteiger partial charge in [0.25, 0.3) is 0 Å². The Kier molecular flexibility index (Phi) is 18.1. The fourth-order valence-electron chi connectivity index (χ4n) is 6.94. The summed E-state index contributed by atoms with van der Waals surface area (Å²) >= 11 is 0. The van der Waals surface area contributed by atoms with Crippen molar-refractivity contribution < 1.29 is 33.9 Å². The van der Waals surface area contributed by atoms with E-state index < -0.39 is 48.3 Å². The van der Waals surface area contributed by atoms with Crippen molar-refractivity contribution in [2.75, 3.05) is 13.2 Å². The number of ketones is 4. The molecular weight excluding hydrogens is 640 g/mol. The third kappa shape index (κ3) is 14.5. The third-order valence-electron chi connectivity index (χ3n) is 9.37. The Bertz CT molecular complexity index is 1260. The number of likely N-dealkylation sites (tertiary alicyclic amines) is 1. The molecule has 13 heteroatoms. The molecule has 2 amide bonds. The molecule has 7 N–H and O–H groups in total. The number of aromatic nitrogens is 2. The molecule has 50 heavy (non-hydrogen) atoms. The molecule has 1 fully saturated rings. The lowest BCUT2D eigenvalue weighted by Gasteiger charge is -2.30. The van der Waals surface area contributed by atoms with Crippen LogP contribution in [0.15, 0.2) is 12.5 Å². The van der Waals surface area contributed by atoms with Gasteiger partial charge in [0.05, 0.1) is 19.0 Å². The summed E-state index contributed by atoms with van der Waals surface area (Å²) in [6, 6.07) is -1.87. The van der Waals surface area contributed by atoms with E-state index in [1.807, 2.05) is 20.8 Å². The largest absolute Gasteiger partial charge is 0.396 e. The van der Waals surface area contributed by atoms with Crippen molar-refractivity contribution in [1.82, 2.24) is 20.2 Å². The average molecular weight is 703 g/mol.